The minimum absolute atomic E-state index is 0.558. The Labute approximate surface area is 133 Å². The number of fused-ring (bicyclic) bond motifs is 2. The molecular formula is C17H16N2O4. The molecule has 6 heteroatoms. The topological polar surface area (TPSA) is 65.6 Å². The number of hydrogen-bond acceptors (Lipinski definition) is 5. The van der Waals surface area contributed by atoms with Crippen LogP contribution in [0.25, 0.3) is 22.4 Å². The fourth-order valence-corrected chi connectivity index (χ4v) is 2.63. The van der Waals surface area contributed by atoms with Crippen molar-refractivity contribution in [3.8, 4) is 34.4 Å². The van der Waals surface area contributed by atoms with Crippen LogP contribution in [0.2, 0.25) is 0 Å². The number of benzene rings is 2. The van der Waals surface area contributed by atoms with Crippen LogP contribution in [0.3, 0.4) is 0 Å². The summed E-state index contributed by atoms with van der Waals surface area (Å²) < 4.78 is 21.8. The second-order valence-corrected chi connectivity index (χ2v) is 5.20. The molecule has 0 bridgehead atoms. The van der Waals surface area contributed by atoms with Gasteiger partial charge in [0.25, 0.3) is 0 Å². The molecule has 0 unspecified atom stereocenters. The molecule has 6 nitrogen and oxygen atoms in total. The molecule has 1 aromatic heterocycles. The lowest BCUT2D eigenvalue weighted by Gasteiger charge is -2.17. The zero-order chi connectivity index (χ0) is 15.8. The van der Waals surface area contributed by atoms with Crippen LogP contribution in [0.1, 0.15) is 0 Å². The number of nitrogens with zero attached hydrogens (tertiary/aromatic N) is 1. The van der Waals surface area contributed by atoms with Crippen LogP contribution in [0.4, 0.5) is 0 Å². The predicted octanol–water partition coefficient (Wildman–Crippen LogP) is 3.02. The number of nitrogens with one attached hydrogen (secondary N) is 1. The van der Waals surface area contributed by atoms with E-state index in [-0.39, 0.29) is 0 Å². The lowest BCUT2D eigenvalue weighted by atomic mass is 10.2. The standard InChI is InChI=1S/C17H16N2O4/c1-20-11-5-10(6-12(7-11)21-2)17-18-13-8-15-16(9-14(13)19-17)23-4-3-22-15/h5-9H,3-4H2,1-2H3,(H,18,19). The van der Waals surface area contributed by atoms with Crippen molar-refractivity contribution >= 4 is 11.0 Å². The minimum atomic E-state index is 0.558. The zero-order valence-electron chi connectivity index (χ0n) is 12.9. The van der Waals surface area contributed by atoms with E-state index in [4.69, 9.17) is 18.9 Å². The molecule has 0 spiro atoms. The molecule has 1 aliphatic heterocycles. The highest BCUT2D eigenvalue weighted by Crippen LogP contribution is 2.35. The van der Waals surface area contributed by atoms with Gasteiger partial charge in [0, 0.05) is 23.8 Å². The first kappa shape index (κ1) is 13.8. The third-order valence-electron chi connectivity index (χ3n) is 3.77. The average Bonchev–Trinajstić information content (AvgIpc) is 3.02. The molecule has 0 radical (unpaired) electrons. The second kappa shape index (κ2) is 5.39. The molecule has 2 aromatic carbocycles. The number of H-pyrrole nitrogens is 1. The molecule has 118 valence electrons. The molecule has 23 heavy (non-hydrogen) atoms. The Hall–Kier alpha value is -2.89. The number of aromatic amines is 1. The number of methoxy groups -OCH3 is 2. The highest BCUT2D eigenvalue weighted by molar-refractivity contribution is 5.83. The van der Waals surface area contributed by atoms with Gasteiger partial charge in [-0.2, -0.15) is 0 Å². The molecule has 0 amide bonds. The van der Waals surface area contributed by atoms with E-state index in [1.165, 1.54) is 0 Å². The van der Waals surface area contributed by atoms with Gasteiger partial charge in [0.15, 0.2) is 11.5 Å². The Morgan fingerprint density at radius 1 is 0.913 bits per heavy atom. The Balaban J connectivity index is 1.83. The smallest absolute Gasteiger partial charge is 0.163 e. The van der Waals surface area contributed by atoms with Crippen molar-refractivity contribution in [1.29, 1.82) is 0 Å². The van der Waals surface area contributed by atoms with Gasteiger partial charge in [0.1, 0.15) is 30.5 Å². The van der Waals surface area contributed by atoms with Crippen LogP contribution in [-0.4, -0.2) is 37.4 Å². The maximum Gasteiger partial charge on any atom is 0.163 e. The van der Waals surface area contributed by atoms with E-state index >= 15 is 0 Å². The van der Waals surface area contributed by atoms with Gasteiger partial charge in [-0.05, 0) is 12.1 Å². The molecule has 1 N–H and O–H groups in total. The zero-order valence-corrected chi connectivity index (χ0v) is 12.9. The molecular weight excluding hydrogens is 296 g/mol. The maximum atomic E-state index is 5.61. The predicted molar refractivity (Wildman–Crippen MR) is 85.6 cm³/mol. The van der Waals surface area contributed by atoms with Crippen LogP contribution in [0.15, 0.2) is 30.3 Å². The first-order chi connectivity index (χ1) is 11.3. The number of ether oxygens (including phenoxy) is 4. The SMILES string of the molecule is COc1cc(OC)cc(-c2nc3cc4c(cc3[nH]2)OCCO4)c1. The Bertz CT molecular complexity index is 807. The number of imidazole rings is 1. The van der Waals surface area contributed by atoms with Gasteiger partial charge in [-0.3, -0.25) is 0 Å². The summed E-state index contributed by atoms with van der Waals surface area (Å²) >= 11 is 0. The van der Waals surface area contributed by atoms with Gasteiger partial charge in [0.05, 0.1) is 25.3 Å². The molecule has 2 heterocycles. The third kappa shape index (κ3) is 2.42. The van der Waals surface area contributed by atoms with Crippen LogP contribution >= 0.6 is 0 Å². The van der Waals surface area contributed by atoms with E-state index in [1.54, 1.807) is 14.2 Å². The quantitative estimate of drug-likeness (QED) is 0.805. The summed E-state index contributed by atoms with van der Waals surface area (Å²) in [6.45, 7) is 1.12. The minimum Gasteiger partial charge on any atom is -0.497 e. The normalized spacial score (nSPS) is 13.1. The van der Waals surface area contributed by atoms with E-state index in [1.807, 2.05) is 30.3 Å². The van der Waals surface area contributed by atoms with E-state index in [2.05, 4.69) is 9.97 Å². The summed E-state index contributed by atoms with van der Waals surface area (Å²) in [5, 5.41) is 0. The first-order valence-electron chi connectivity index (χ1n) is 7.29. The lowest BCUT2D eigenvalue weighted by molar-refractivity contribution is 0.172. The van der Waals surface area contributed by atoms with Crippen molar-refractivity contribution < 1.29 is 18.9 Å². The highest BCUT2D eigenvalue weighted by Gasteiger charge is 2.16. The van der Waals surface area contributed by atoms with Gasteiger partial charge in [-0.15, -0.1) is 0 Å². The largest absolute Gasteiger partial charge is 0.497 e. The van der Waals surface area contributed by atoms with Gasteiger partial charge in [-0.1, -0.05) is 0 Å². The molecule has 3 aromatic rings. The van der Waals surface area contributed by atoms with Crippen molar-refractivity contribution in [3.05, 3.63) is 30.3 Å². The van der Waals surface area contributed by atoms with Crippen molar-refractivity contribution in [1.82, 2.24) is 9.97 Å². The number of aromatic nitrogens is 2. The van der Waals surface area contributed by atoms with Gasteiger partial charge < -0.3 is 23.9 Å². The molecule has 0 saturated carbocycles. The van der Waals surface area contributed by atoms with Crippen molar-refractivity contribution in [2.75, 3.05) is 27.4 Å². The van der Waals surface area contributed by atoms with Crippen LogP contribution in [-0.2, 0) is 0 Å². The number of hydrogen-bond donors (Lipinski definition) is 1. The van der Waals surface area contributed by atoms with E-state index in [0.717, 1.165) is 33.9 Å². The Morgan fingerprint density at radius 2 is 1.57 bits per heavy atom. The molecule has 0 aliphatic carbocycles. The summed E-state index contributed by atoms with van der Waals surface area (Å²) in [6, 6.07) is 9.45. The van der Waals surface area contributed by atoms with Gasteiger partial charge >= 0.3 is 0 Å². The molecule has 1 aliphatic rings. The van der Waals surface area contributed by atoms with E-state index in [9.17, 15) is 0 Å². The van der Waals surface area contributed by atoms with E-state index < -0.39 is 0 Å². The van der Waals surface area contributed by atoms with Crippen LogP contribution < -0.4 is 18.9 Å². The summed E-state index contributed by atoms with van der Waals surface area (Å²) in [5.41, 5.74) is 2.61. The summed E-state index contributed by atoms with van der Waals surface area (Å²) in [4.78, 5) is 7.95. The van der Waals surface area contributed by atoms with Crippen LogP contribution in [0.5, 0.6) is 23.0 Å². The Morgan fingerprint density at radius 3 is 2.22 bits per heavy atom. The second-order valence-electron chi connectivity index (χ2n) is 5.20. The van der Waals surface area contributed by atoms with Crippen molar-refractivity contribution in [3.63, 3.8) is 0 Å². The molecule has 0 atom stereocenters. The number of rotatable bonds is 3. The fourth-order valence-electron chi connectivity index (χ4n) is 2.63. The monoisotopic (exact) mass is 312 g/mol. The summed E-state index contributed by atoms with van der Waals surface area (Å²) in [6.07, 6.45) is 0. The molecule has 0 saturated heterocycles. The summed E-state index contributed by atoms with van der Waals surface area (Å²) in [5.74, 6) is 3.63. The average molecular weight is 312 g/mol. The first-order valence-corrected chi connectivity index (χ1v) is 7.29. The van der Waals surface area contributed by atoms with Gasteiger partial charge in [0.2, 0.25) is 0 Å². The third-order valence-corrected chi connectivity index (χ3v) is 3.77. The molecule has 4 rings (SSSR count). The van der Waals surface area contributed by atoms with E-state index in [0.29, 0.717) is 24.7 Å². The van der Waals surface area contributed by atoms with Gasteiger partial charge in [-0.25, -0.2) is 4.98 Å². The Kier molecular flexibility index (Phi) is 3.22. The van der Waals surface area contributed by atoms with Crippen molar-refractivity contribution in [2.24, 2.45) is 0 Å². The maximum absolute atomic E-state index is 5.61. The highest BCUT2D eigenvalue weighted by atomic mass is 16.6. The molecule has 0 fully saturated rings. The summed E-state index contributed by atoms with van der Waals surface area (Å²) in [7, 11) is 3.25. The fraction of sp³-hybridized carbons (Fsp3) is 0.235. The van der Waals surface area contributed by atoms with Crippen molar-refractivity contribution in [2.45, 2.75) is 0 Å². The lowest BCUT2D eigenvalue weighted by Crippen LogP contribution is -2.15. The van der Waals surface area contributed by atoms with Crippen LogP contribution in [0, 0.1) is 0 Å².